The van der Waals surface area contributed by atoms with Gasteiger partial charge in [0.15, 0.2) is 5.16 Å². The van der Waals surface area contributed by atoms with Gasteiger partial charge in [-0.2, -0.15) is 0 Å². The van der Waals surface area contributed by atoms with Gasteiger partial charge in [0, 0.05) is 12.3 Å². The second-order valence-electron chi connectivity index (χ2n) is 7.81. The van der Waals surface area contributed by atoms with Gasteiger partial charge in [-0.3, -0.25) is 13.8 Å². The fourth-order valence-corrected chi connectivity index (χ4v) is 4.48. The van der Waals surface area contributed by atoms with E-state index in [0.29, 0.717) is 28.4 Å². The molecule has 0 bridgehead atoms. The molecule has 2 aromatic carbocycles. The fraction of sp³-hybridized carbons (Fsp3) is 0.318. The monoisotopic (exact) mass is 410 g/mol. The summed E-state index contributed by atoms with van der Waals surface area (Å²) >= 11 is 1.57. The summed E-state index contributed by atoms with van der Waals surface area (Å²) in [6.45, 7) is 8.73. The Morgan fingerprint density at radius 1 is 1.10 bits per heavy atom. The van der Waals surface area contributed by atoms with Crippen LogP contribution >= 0.6 is 11.8 Å². The number of halogens is 1. The highest BCUT2D eigenvalue weighted by atomic mass is 32.2. The summed E-state index contributed by atoms with van der Waals surface area (Å²) in [4.78, 5) is 13.0. The lowest BCUT2D eigenvalue weighted by Crippen LogP contribution is -2.25. The third-order valence-corrected chi connectivity index (χ3v) is 5.92. The zero-order valence-electron chi connectivity index (χ0n) is 16.9. The minimum absolute atomic E-state index is 0.237. The van der Waals surface area contributed by atoms with Gasteiger partial charge in [0.2, 0.25) is 5.78 Å². The third-order valence-electron chi connectivity index (χ3n) is 4.94. The Balaban J connectivity index is 1.87. The van der Waals surface area contributed by atoms with Crippen LogP contribution in [-0.4, -0.2) is 19.2 Å². The molecule has 2 heterocycles. The van der Waals surface area contributed by atoms with Crippen molar-refractivity contribution in [3.63, 3.8) is 0 Å². The molecule has 7 heteroatoms. The maximum absolute atomic E-state index is 13.9. The maximum Gasteiger partial charge on any atom is 0.262 e. The van der Waals surface area contributed by atoms with Crippen LogP contribution in [-0.2, 0) is 12.3 Å². The standard InChI is InChI=1S/C22H23FN4OS/c1-13(2)11-26-20(28)18-10-17(23)7-8-19(18)27-21(26)24-25-22(27)29-12-16-9-14(3)5-6-15(16)4/h5-10,13H,11-12H2,1-4H3. The SMILES string of the molecule is Cc1ccc(C)c(CSc2nnc3n(CC(C)C)c(=O)c4cc(F)ccc4n23)c1. The van der Waals surface area contributed by atoms with Crippen LogP contribution in [0, 0.1) is 25.6 Å². The highest BCUT2D eigenvalue weighted by Gasteiger charge is 2.18. The summed E-state index contributed by atoms with van der Waals surface area (Å²) in [5, 5.41) is 9.71. The number of hydrogen-bond donors (Lipinski definition) is 0. The zero-order valence-corrected chi connectivity index (χ0v) is 17.8. The molecule has 2 aromatic heterocycles. The van der Waals surface area contributed by atoms with Crippen LogP contribution in [0.3, 0.4) is 0 Å². The molecule has 4 rings (SSSR count). The predicted molar refractivity (Wildman–Crippen MR) is 115 cm³/mol. The van der Waals surface area contributed by atoms with Crippen LogP contribution in [0.4, 0.5) is 4.39 Å². The Morgan fingerprint density at radius 2 is 1.90 bits per heavy atom. The molecule has 0 N–H and O–H groups in total. The first-order valence-electron chi connectivity index (χ1n) is 9.61. The molecule has 0 aliphatic carbocycles. The minimum atomic E-state index is -0.428. The molecule has 0 amide bonds. The number of hydrogen-bond acceptors (Lipinski definition) is 4. The average molecular weight is 411 g/mol. The Labute approximate surface area is 172 Å². The van der Waals surface area contributed by atoms with Crippen LogP contribution in [0.1, 0.15) is 30.5 Å². The molecule has 0 saturated carbocycles. The number of thioether (sulfide) groups is 1. The van der Waals surface area contributed by atoms with Crippen LogP contribution in [0.5, 0.6) is 0 Å². The molecule has 0 radical (unpaired) electrons. The molecule has 0 atom stereocenters. The van der Waals surface area contributed by atoms with Gasteiger partial charge in [0.1, 0.15) is 5.82 Å². The van der Waals surface area contributed by atoms with Crippen molar-refractivity contribution < 1.29 is 4.39 Å². The van der Waals surface area contributed by atoms with E-state index in [2.05, 4.69) is 42.2 Å². The van der Waals surface area contributed by atoms with Gasteiger partial charge in [-0.05, 0) is 49.1 Å². The van der Waals surface area contributed by atoms with E-state index >= 15 is 0 Å². The summed E-state index contributed by atoms with van der Waals surface area (Å²) < 4.78 is 17.4. The first-order chi connectivity index (χ1) is 13.8. The molecule has 5 nitrogen and oxygen atoms in total. The first kappa shape index (κ1) is 19.6. The number of nitrogens with zero attached hydrogens (tertiary/aromatic N) is 4. The molecule has 0 saturated heterocycles. The van der Waals surface area contributed by atoms with Crippen molar-refractivity contribution in [1.29, 1.82) is 0 Å². The number of aromatic nitrogens is 4. The summed E-state index contributed by atoms with van der Waals surface area (Å²) in [5.74, 6) is 1.04. The Kier molecular flexibility index (Phi) is 5.17. The normalized spacial score (nSPS) is 11.8. The van der Waals surface area contributed by atoms with E-state index in [9.17, 15) is 9.18 Å². The van der Waals surface area contributed by atoms with Gasteiger partial charge in [-0.15, -0.1) is 10.2 Å². The Hall–Kier alpha value is -2.67. The van der Waals surface area contributed by atoms with E-state index < -0.39 is 5.82 Å². The van der Waals surface area contributed by atoms with Crippen molar-refractivity contribution >= 4 is 28.4 Å². The Bertz CT molecular complexity index is 1280. The number of fused-ring (bicyclic) bond motifs is 3. The Morgan fingerprint density at radius 3 is 2.66 bits per heavy atom. The van der Waals surface area contributed by atoms with Crippen molar-refractivity contribution in [2.75, 3.05) is 0 Å². The predicted octanol–water partition coefficient (Wildman–Crippen LogP) is 4.75. The largest absolute Gasteiger partial charge is 0.276 e. The van der Waals surface area contributed by atoms with E-state index in [1.165, 1.54) is 28.8 Å². The number of benzene rings is 2. The van der Waals surface area contributed by atoms with Crippen molar-refractivity contribution in [2.24, 2.45) is 5.92 Å². The second-order valence-corrected chi connectivity index (χ2v) is 8.75. The smallest absolute Gasteiger partial charge is 0.262 e. The van der Waals surface area contributed by atoms with E-state index in [4.69, 9.17) is 0 Å². The van der Waals surface area contributed by atoms with E-state index in [1.54, 1.807) is 22.4 Å². The van der Waals surface area contributed by atoms with E-state index in [-0.39, 0.29) is 11.5 Å². The molecule has 0 unspecified atom stereocenters. The van der Waals surface area contributed by atoms with Gasteiger partial charge in [-0.25, -0.2) is 4.39 Å². The van der Waals surface area contributed by atoms with Crippen LogP contribution in [0.15, 0.2) is 46.3 Å². The van der Waals surface area contributed by atoms with Crippen molar-refractivity contribution in [2.45, 2.75) is 45.1 Å². The lowest BCUT2D eigenvalue weighted by Gasteiger charge is -2.13. The maximum atomic E-state index is 13.9. The molecule has 29 heavy (non-hydrogen) atoms. The summed E-state index contributed by atoms with van der Waals surface area (Å²) in [6.07, 6.45) is 0. The highest BCUT2D eigenvalue weighted by molar-refractivity contribution is 7.98. The van der Waals surface area contributed by atoms with Crippen molar-refractivity contribution in [3.8, 4) is 0 Å². The van der Waals surface area contributed by atoms with Crippen molar-refractivity contribution in [1.82, 2.24) is 19.2 Å². The third kappa shape index (κ3) is 3.67. The van der Waals surface area contributed by atoms with Gasteiger partial charge < -0.3 is 0 Å². The summed E-state index contributed by atoms with van der Waals surface area (Å²) in [6, 6.07) is 10.7. The van der Waals surface area contributed by atoms with E-state index in [0.717, 1.165) is 5.75 Å². The minimum Gasteiger partial charge on any atom is -0.276 e. The van der Waals surface area contributed by atoms with Gasteiger partial charge in [0.25, 0.3) is 5.56 Å². The van der Waals surface area contributed by atoms with Crippen LogP contribution < -0.4 is 5.56 Å². The molecule has 0 fully saturated rings. The topological polar surface area (TPSA) is 52.2 Å². The lowest BCUT2D eigenvalue weighted by atomic mass is 10.1. The van der Waals surface area contributed by atoms with Gasteiger partial charge in [-0.1, -0.05) is 49.4 Å². The van der Waals surface area contributed by atoms with Gasteiger partial charge >= 0.3 is 0 Å². The van der Waals surface area contributed by atoms with Crippen LogP contribution in [0.2, 0.25) is 0 Å². The molecule has 4 aromatic rings. The number of rotatable bonds is 5. The second kappa shape index (κ2) is 7.63. The first-order valence-corrected chi connectivity index (χ1v) is 10.6. The summed E-state index contributed by atoms with van der Waals surface area (Å²) in [7, 11) is 0. The lowest BCUT2D eigenvalue weighted by molar-refractivity contribution is 0.517. The zero-order chi connectivity index (χ0) is 20.7. The molecular formula is C22H23FN4OS. The molecule has 0 spiro atoms. The van der Waals surface area contributed by atoms with Crippen molar-refractivity contribution in [3.05, 3.63) is 69.3 Å². The molecule has 0 aliphatic rings. The number of aryl methyl sites for hydroxylation is 2. The molecule has 150 valence electrons. The van der Waals surface area contributed by atoms with E-state index in [1.807, 2.05) is 18.2 Å². The van der Waals surface area contributed by atoms with Gasteiger partial charge in [0.05, 0.1) is 10.9 Å². The molecule has 0 aliphatic heterocycles. The summed E-state index contributed by atoms with van der Waals surface area (Å²) in [5.41, 5.74) is 4.06. The van der Waals surface area contributed by atoms with Crippen LogP contribution in [0.25, 0.3) is 16.7 Å². The highest BCUT2D eigenvalue weighted by Crippen LogP contribution is 2.26. The average Bonchev–Trinajstić information content (AvgIpc) is 3.09. The fourth-order valence-electron chi connectivity index (χ4n) is 3.48. The quantitative estimate of drug-likeness (QED) is 0.446. The molecular weight excluding hydrogens is 387 g/mol.